The summed E-state index contributed by atoms with van der Waals surface area (Å²) < 4.78 is 5.52. The van der Waals surface area contributed by atoms with Gasteiger partial charge in [-0.2, -0.15) is 0 Å². The number of aliphatic hydroxyl groups excluding tert-OH is 1. The number of ketones is 1. The first-order valence-corrected chi connectivity index (χ1v) is 11.5. The Morgan fingerprint density at radius 1 is 1.00 bits per heavy atom. The molecule has 6 heteroatoms. The minimum absolute atomic E-state index is 0.0447. The monoisotopic (exact) mass is 438 g/mol. The van der Waals surface area contributed by atoms with E-state index in [1.807, 2.05) is 19.1 Å². The molecule has 0 radical (unpaired) electrons. The molecule has 0 bridgehead atoms. The summed E-state index contributed by atoms with van der Waals surface area (Å²) in [5, 5.41) is 12.5. The van der Waals surface area contributed by atoms with Gasteiger partial charge in [0.25, 0.3) is 0 Å². The number of carbonyl (C=O) groups excluding carboxylic acids is 2. The third kappa shape index (κ3) is 7.77. The Morgan fingerprint density at radius 3 is 2.31 bits per heavy atom. The lowest BCUT2D eigenvalue weighted by molar-refractivity contribution is -0.121. The van der Waals surface area contributed by atoms with Gasteiger partial charge in [-0.3, -0.25) is 14.5 Å². The van der Waals surface area contributed by atoms with Gasteiger partial charge < -0.3 is 15.2 Å². The number of carbonyl (C=O) groups is 2. The van der Waals surface area contributed by atoms with E-state index in [-0.39, 0.29) is 30.6 Å². The van der Waals surface area contributed by atoms with Gasteiger partial charge in [0.05, 0.1) is 12.7 Å². The molecule has 2 N–H and O–H groups in total. The Labute approximate surface area is 190 Å². The van der Waals surface area contributed by atoms with E-state index in [0.29, 0.717) is 18.7 Å². The molecule has 2 aromatic carbocycles. The van der Waals surface area contributed by atoms with Gasteiger partial charge in [-0.25, -0.2) is 0 Å². The van der Waals surface area contributed by atoms with E-state index in [0.717, 1.165) is 50.2 Å². The molecule has 1 aliphatic heterocycles. The van der Waals surface area contributed by atoms with Gasteiger partial charge in [0.15, 0.2) is 5.78 Å². The van der Waals surface area contributed by atoms with Crippen LogP contribution in [0.2, 0.25) is 0 Å². The molecule has 1 saturated heterocycles. The summed E-state index contributed by atoms with van der Waals surface area (Å²) in [6.07, 6.45) is 2.82. The van der Waals surface area contributed by atoms with Gasteiger partial charge in [0.2, 0.25) is 5.91 Å². The van der Waals surface area contributed by atoms with E-state index in [9.17, 15) is 14.7 Å². The molecule has 1 amide bonds. The van der Waals surface area contributed by atoms with E-state index < -0.39 is 0 Å². The molecule has 0 atom stereocenters. The van der Waals surface area contributed by atoms with Crippen LogP contribution < -0.4 is 10.1 Å². The van der Waals surface area contributed by atoms with Crippen molar-refractivity contribution in [3.8, 4) is 5.75 Å². The minimum atomic E-state index is -0.154. The first-order chi connectivity index (χ1) is 15.5. The number of Topliss-reactive ketones (excluding diaryl/α,β-unsaturated/α-hetero) is 1. The van der Waals surface area contributed by atoms with Crippen LogP contribution in [0.25, 0.3) is 0 Å². The molecule has 1 aliphatic rings. The van der Waals surface area contributed by atoms with Crippen LogP contribution in [-0.2, 0) is 17.9 Å². The van der Waals surface area contributed by atoms with Gasteiger partial charge in [0.1, 0.15) is 5.75 Å². The van der Waals surface area contributed by atoms with E-state index in [2.05, 4.69) is 22.3 Å². The Morgan fingerprint density at radius 2 is 1.66 bits per heavy atom. The van der Waals surface area contributed by atoms with Crippen LogP contribution in [0.1, 0.15) is 60.5 Å². The number of hydrogen-bond acceptors (Lipinski definition) is 5. The van der Waals surface area contributed by atoms with Crippen molar-refractivity contribution >= 4 is 11.7 Å². The highest BCUT2D eigenvalue weighted by Crippen LogP contribution is 2.15. The quantitative estimate of drug-likeness (QED) is 0.523. The fourth-order valence-electron chi connectivity index (χ4n) is 3.72. The molecule has 0 spiro atoms. The second-order valence-electron chi connectivity index (χ2n) is 8.40. The molecule has 0 aliphatic carbocycles. The highest BCUT2D eigenvalue weighted by molar-refractivity contribution is 5.98. The summed E-state index contributed by atoms with van der Waals surface area (Å²) in [5.41, 5.74) is 2.86. The lowest BCUT2D eigenvalue weighted by Gasteiger charge is -2.29. The maximum Gasteiger partial charge on any atom is 0.220 e. The highest BCUT2D eigenvalue weighted by atomic mass is 16.5. The van der Waals surface area contributed by atoms with Crippen molar-refractivity contribution in [3.63, 3.8) is 0 Å². The molecule has 0 aromatic heterocycles. The summed E-state index contributed by atoms with van der Waals surface area (Å²) in [6, 6.07) is 15.3. The van der Waals surface area contributed by atoms with Gasteiger partial charge >= 0.3 is 0 Å². The van der Waals surface area contributed by atoms with E-state index in [4.69, 9.17) is 4.74 Å². The van der Waals surface area contributed by atoms with Crippen LogP contribution in [0.15, 0.2) is 48.5 Å². The smallest absolute Gasteiger partial charge is 0.220 e. The minimum Gasteiger partial charge on any atom is -0.494 e. The summed E-state index contributed by atoms with van der Waals surface area (Å²) in [4.78, 5) is 26.9. The van der Waals surface area contributed by atoms with Crippen molar-refractivity contribution in [2.75, 3.05) is 19.7 Å². The summed E-state index contributed by atoms with van der Waals surface area (Å²) in [7, 11) is 0. The molecule has 0 unspecified atom stereocenters. The Hall–Kier alpha value is -2.70. The average molecular weight is 439 g/mol. The fraction of sp³-hybridized carbons (Fsp3) is 0.462. The lowest BCUT2D eigenvalue weighted by atomic mass is 10.1. The topological polar surface area (TPSA) is 78.9 Å². The molecule has 2 aromatic rings. The van der Waals surface area contributed by atoms with Crippen LogP contribution in [0.3, 0.4) is 0 Å². The largest absolute Gasteiger partial charge is 0.494 e. The molecule has 0 saturated carbocycles. The molecular weight excluding hydrogens is 404 g/mol. The Balaban J connectivity index is 1.36. The third-order valence-electron chi connectivity index (χ3n) is 5.70. The van der Waals surface area contributed by atoms with Gasteiger partial charge in [0, 0.05) is 44.6 Å². The second-order valence-corrected chi connectivity index (χ2v) is 8.40. The number of amides is 1. The number of piperidine rings is 1. The maximum absolute atomic E-state index is 12.3. The maximum atomic E-state index is 12.3. The number of ether oxygens (including phenoxy) is 1. The predicted molar refractivity (Wildman–Crippen MR) is 125 cm³/mol. The number of aliphatic hydroxyl groups is 1. The number of nitrogens with zero attached hydrogens (tertiary/aromatic N) is 1. The van der Waals surface area contributed by atoms with Crippen molar-refractivity contribution < 1.29 is 19.4 Å². The van der Waals surface area contributed by atoms with Crippen LogP contribution in [0.4, 0.5) is 0 Å². The zero-order valence-electron chi connectivity index (χ0n) is 18.9. The molecular formula is C26H34N2O4. The van der Waals surface area contributed by atoms with E-state index in [1.54, 1.807) is 24.3 Å². The number of hydrogen-bond donors (Lipinski definition) is 2. The molecule has 172 valence electrons. The number of nitrogens with one attached hydrogen (secondary N) is 1. The van der Waals surface area contributed by atoms with Crippen molar-refractivity contribution in [1.82, 2.24) is 10.2 Å². The van der Waals surface area contributed by atoms with Gasteiger partial charge in [-0.05, 0) is 54.7 Å². The summed E-state index contributed by atoms with van der Waals surface area (Å²) >= 11 is 0. The second kappa shape index (κ2) is 12.4. The molecule has 6 nitrogen and oxygen atoms in total. The number of likely N-dealkylation sites (tertiary alicyclic amines) is 1. The van der Waals surface area contributed by atoms with Crippen molar-refractivity contribution in [2.24, 2.45) is 0 Å². The van der Waals surface area contributed by atoms with Crippen molar-refractivity contribution in [2.45, 2.75) is 58.2 Å². The van der Waals surface area contributed by atoms with Crippen LogP contribution in [0, 0.1) is 0 Å². The Bertz CT molecular complexity index is 856. The Kier molecular flexibility index (Phi) is 9.26. The van der Waals surface area contributed by atoms with Gasteiger partial charge in [-0.15, -0.1) is 0 Å². The first kappa shape index (κ1) is 24.0. The van der Waals surface area contributed by atoms with E-state index in [1.165, 1.54) is 5.56 Å². The predicted octanol–water partition coefficient (Wildman–Crippen LogP) is 3.71. The molecule has 32 heavy (non-hydrogen) atoms. The van der Waals surface area contributed by atoms with Crippen LogP contribution in [-0.4, -0.2) is 47.5 Å². The summed E-state index contributed by atoms with van der Waals surface area (Å²) in [5.74, 6) is 0.580. The standard InChI is InChI=1S/C26H34N2O4/c1-2-17-32-24-9-7-22(8-10-24)25(30)11-12-26(31)27-18-20-3-5-21(6-4-20)19-28-15-13-23(29)14-16-28/h3-10,23,29H,2,11-19H2,1H3,(H,27,31). The number of rotatable bonds is 11. The third-order valence-corrected chi connectivity index (χ3v) is 5.70. The van der Waals surface area contributed by atoms with Crippen LogP contribution in [0.5, 0.6) is 5.75 Å². The lowest BCUT2D eigenvalue weighted by Crippen LogP contribution is -2.35. The highest BCUT2D eigenvalue weighted by Gasteiger charge is 2.16. The van der Waals surface area contributed by atoms with Gasteiger partial charge in [-0.1, -0.05) is 31.2 Å². The van der Waals surface area contributed by atoms with E-state index >= 15 is 0 Å². The SMILES string of the molecule is CCCOc1ccc(C(=O)CCC(=O)NCc2ccc(CN3CCC(O)CC3)cc2)cc1. The first-order valence-electron chi connectivity index (χ1n) is 11.5. The summed E-state index contributed by atoms with van der Waals surface area (Å²) in [6.45, 7) is 5.88. The molecule has 1 heterocycles. The van der Waals surface area contributed by atoms with Crippen molar-refractivity contribution in [3.05, 3.63) is 65.2 Å². The molecule has 3 rings (SSSR count). The van der Waals surface area contributed by atoms with Crippen LogP contribution >= 0.6 is 0 Å². The van der Waals surface area contributed by atoms with Crippen molar-refractivity contribution in [1.29, 1.82) is 0 Å². The normalized spacial score (nSPS) is 14.8. The zero-order chi connectivity index (χ0) is 22.8. The average Bonchev–Trinajstić information content (AvgIpc) is 2.82. The fourth-order valence-corrected chi connectivity index (χ4v) is 3.72. The number of benzene rings is 2. The molecule has 1 fully saturated rings. The zero-order valence-corrected chi connectivity index (χ0v) is 18.9.